The Hall–Kier alpha value is -4.30. The average Bonchev–Trinajstić information content (AvgIpc) is 3.45. The maximum atomic E-state index is 14.2. The summed E-state index contributed by atoms with van der Waals surface area (Å²) in [6, 6.07) is 9.15. The van der Waals surface area contributed by atoms with Crippen LogP contribution >= 0.6 is 0 Å². The molecule has 0 aliphatic rings. The number of nitrogens with one attached hydrogen (secondary N) is 2. The number of aliphatic hydroxyl groups is 1. The third kappa shape index (κ3) is 5.28. The minimum absolute atomic E-state index is 0.223. The molecule has 4 aromatic rings. The predicted octanol–water partition coefficient (Wildman–Crippen LogP) is 2.45. The van der Waals surface area contributed by atoms with Gasteiger partial charge in [-0.15, -0.1) is 0 Å². The molecule has 10 nitrogen and oxygen atoms in total. The van der Waals surface area contributed by atoms with Crippen LogP contribution in [-0.2, 0) is 13.6 Å². The van der Waals surface area contributed by atoms with Gasteiger partial charge in [0.05, 0.1) is 58.3 Å². The van der Waals surface area contributed by atoms with Crippen molar-refractivity contribution >= 4 is 17.1 Å². The van der Waals surface area contributed by atoms with Crippen LogP contribution in [0.5, 0.6) is 0 Å². The summed E-state index contributed by atoms with van der Waals surface area (Å²) >= 11 is 0. The molecule has 1 amide bonds. The molecule has 0 spiro atoms. The summed E-state index contributed by atoms with van der Waals surface area (Å²) < 4.78 is 17.5. The number of rotatable bonds is 8. The zero-order chi connectivity index (χ0) is 25.2. The van der Waals surface area contributed by atoms with Gasteiger partial charge in [-0.3, -0.25) is 14.5 Å². The summed E-state index contributed by atoms with van der Waals surface area (Å²) in [6.45, 7) is 2.74. The van der Waals surface area contributed by atoms with Crippen LogP contribution in [0.25, 0.3) is 16.9 Å². The molecule has 11 heteroatoms. The van der Waals surface area contributed by atoms with E-state index in [0.29, 0.717) is 29.2 Å². The monoisotopic (exact) mass is 476 g/mol. The highest BCUT2D eigenvalue weighted by atomic mass is 19.1. The largest absolute Gasteiger partial charge is 0.387 e. The Kier molecular flexibility index (Phi) is 6.48. The molecule has 0 bridgehead atoms. The summed E-state index contributed by atoms with van der Waals surface area (Å²) in [4.78, 5) is 17.3. The summed E-state index contributed by atoms with van der Waals surface area (Å²) in [5.74, 6) is -0.526. The van der Waals surface area contributed by atoms with Gasteiger partial charge in [-0.25, -0.2) is 8.91 Å². The number of nitriles is 1. The molecular weight excluding hydrogens is 451 g/mol. The number of hydrogen-bond donors (Lipinski definition) is 3. The molecule has 1 unspecified atom stereocenters. The molecule has 0 aromatic carbocycles. The lowest BCUT2D eigenvalue weighted by Crippen LogP contribution is -2.42. The van der Waals surface area contributed by atoms with Gasteiger partial charge in [0.25, 0.3) is 5.91 Å². The molecule has 0 saturated carbocycles. The van der Waals surface area contributed by atoms with Crippen LogP contribution in [0.1, 0.15) is 35.3 Å². The SMILES string of the molecule is Cn1cc(CNc2cc(-c3ccc4cc(C#N)cnn34)ncc2C(=O)NCC(F)C(C)(C)O)cn1. The van der Waals surface area contributed by atoms with E-state index in [9.17, 15) is 14.3 Å². The number of nitrogens with zero attached hydrogens (tertiary/aromatic N) is 6. The van der Waals surface area contributed by atoms with Gasteiger partial charge in [0.2, 0.25) is 0 Å². The Labute approximate surface area is 201 Å². The third-order valence-electron chi connectivity index (χ3n) is 5.49. The van der Waals surface area contributed by atoms with E-state index in [1.807, 2.05) is 25.4 Å². The van der Waals surface area contributed by atoms with Crippen molar-refractivity contribution in [3.8, 4) is 17.5 Å². The maximum Gasteiger partial charge on any atom is 0.255 e. The highest BCUT2D eigenvalue weighted by molar-refractivity contribution is 6.00. The number of anilines is 1. The van der Waals surface area contributed by atoms with Crippen LogP contribution in [-0.4, -0.2) is 53.7 Å². The minimum Gasteiger partial charge on any atom is -0.387 e. The normalized spacial score (nSPS) is 12.3. The van der Waals surface area contributed by atoms with Crippen LogP contribution in [0.4, 0.5) is 10.1 Å². The van der Waals surface area contributed by atoms with E-state index in [4.69, 9.17) is 5.26 Å². The highest BCUT2D eigenvalue weighted by Crippen LogP contribution is 2.26. The molecule has 180 valence electrons. The minimum atomic E-state index is -1.64. The van der Waals surface area contributed by atoms with Crippen molar-refractivity contribution < 1.29 is 14.3 Å². The highest BCUT2D eigenvalue weighted by Gasteiger charge is 2.27. The zero-order valence-electron chi connectivity index (χ0n) is 19.5. The Morgan fingerprint density at radius 2 is 2.06 bits per heavy atom. The first-order valence-electron chi connectivity index (χ1n) is 10.9. The lowest BCUT2D eigenvalue weighted by atomic mass is 10.0. The Morgan fingerprint density at radius 1 is 1.26 bits per heavy atom. The fourth-order valence-electron chi connectivity index (χ4n) is 3.46. The molecular formula is C24H25FN8O2. The first-order valence-corrected chi connectivity index (χ1v) is 10.9. The van der Waals surface area contributed by atoms with Gasteiger partial charge < -0.3 is 15.7 Å². The van der Waals surface area contributed by atoms with Gasteiger partial charge in [-0.05, 0) is 38.1 Å². The lowest BCUT2D eigenvalue weighted by molar-refractivity contribution is -0.00177. The van der Waals surface area contributed by atoms with Crippen molar-refractivity contribution in [1.29, 1.82) is 5.26 Å². The third-order valence-corrected chi connectivity index (χ3v) is 5.49. The summed E-state index contributed by atoms with van der Waals surface area (Å²) in [6.07, 6.45) is 4.81. The molecule has 0 aliphatic carbocycles. The molecule has 4 rings (SSSR count). The number of fused-ring (bicyclic) bond motifs is 1. The van der Waals surface area contributed by atoms with E-state index in [1.54, 1.807) is 27.5 Å². The number of aryl methyl sites for hydroxylation is 1. The number of amides is 1. The number of hydrogen-bond acceptors (Lipinski definition) is 7. The standard InChI is InChI=1S/C24H25FN8O2/c1-24(2,35)22(25)13-29-23(34)18-12-28-20(7-19(18)27-9-16-11-30-32(3)14-16)21-5-4-17-6-15(8-26)10-31-33(17)21/h4-7,10-12,14,22,35H,9,13H2,1-3H3,(H,27,28)(H,29,34). The second-order valence-corrected chi connectivity index (χ2v) is 8.73. The lowest BCUT2D eigenvalue weighted by Gasteiger charge is -2.22. The molecule has 0 saturated heterocycles. The van der Waals surface area contributed by atoms with Gasteiger partial charge in [0.15, 0.2) is 0 Å². The Morgan fingerprint density at radius 3 is 2.74 bits per heavy atom. The van der Waals surface area contributed by atoms with Crippen molar-refractivity contribution in [1.82, 2.24) is 29.7 Å². The Bertz CT molecular complexity index is 1410. The van der Waals surface area contributed by atoms with E-state index in [1.165, 1.54) is 26.2 Å². The van der Waals surface area contributed by atoms with Crippen molar-refractivity contribution in [2.75, 3.05) is 11.9 Å². The smallest absolute Gasteiger partial charge is 0.255 e. The van der Waals surface area contributed by atoms with Crippen LogP contribution in [0.2, 0.25) is 0 Å². The van der Waals surface area contributed by atoms with Crippen molar-refractivity contribution in [3.05, 3.63) is 65.7 Å². The number of alkyl halides is 1. The molecule has 4 aromatic heterocycles. The molecule has 1 atom stereocenters. The quantitative estimate of drug-likeness (QED) is 0.356. The second kappa shape index (κ2) is 9.52. The predicted molar refractivity (Wildman–Crippen MR) is 127 cm³/mol. The van der Waals surface area contributed by atoms with Crippen LogP contribution in [0.3, 0.4) is 0 Å². The number of aromatic nitrogens is 5. The fourth-order valence-corrected chi connectivity index (χ4v) is 3.46. The van der Waals surface area contributed by atoms with Gasteiger partial charge >= 0.3 is 0 Å². The van der Waals surface area contributed by atoms with E-state index < -0.39 is 17.7 Å². The van der Waals surface area contributed by atoms with Gasteiger partial charge in [0.1, 0.15) is 12.2 Å². The molecule has 0 fully saturated rings. The first kappa shape index (κ1) is 23.8. The van der Waals surface area contributed by atoms with Crippen molar-refractivity contribution in [2.24, 2.45) is 7.05 Å². The van der Waals surface area contributed by atoms with Gasteiger partial charge in [0, 0.05) is 31.5 Å². The van der Waals surface area contributed by atoms with Gasteiger partial charge in [-0.1, -0.05) is 0 Å². The van der Waals surface area contributed by atoms with E-state index in [0.717, 1.165) is 11.1 Å². The molecule has 3 N–H and O–H groups in total. The number of halogens is 1. The van der Waals surface area contributed by atoms with E-state index in [-0.39, 0.29) is 12.1 Å². The number of pyridine rings is 1. The summed E-state index contributed by atoms with van der Waals surface area (Å²) in [7, 11) is 1.81. The summed E-state index contributed by atoms with van der Waals surface area (Å²) in [5.41, 5.74) is 2.43. The average molecular weight is 477 g/mol. The van der Waals surface area contributed by atoms with E-state index >= 15 is 0 Å². The first-order chi connectivity index (χ1) is 16.7. The summed E-state index contributed by atoms with van der Waals surface area (Å²) in [5, 5.41) is 33.2. The van der Waals surface area contributed by atoms with Crippen molar-refractivity contribution in [3.63, 3.8) is 0 Å². The van der Waals surface area contributed by atoms with Gasteiger partial charge in [-0.2, -0.15) is 15.5 Å². The van der Waals surface area contributed by atoms with Crippen LogP contribution in [0, 0.1) is 11.3 Å². The van der Waals surface area contributed by atoms with Crippen LogP contribution < -0.4 is 10.6 Å². The zero-order valence-corrected chi connectivity index (χ0v) is 19.5. The Balaban J connectivity index is 1.66. The fraction of sp³-hybridized carbons (Fsp3) is 0.292. The molecule has 0 aliphatic heterocycles. The van der Waals surface area contributed by atoms with Crippen molar-refractivity contribution in [2.45, 2.75) is 32.2 Å². The number of carbonyl (C=O) groups excluding carboxylic acids is 1. The molecule has 35 heavy (non-hydrogen) atoms. The maximum absolute atomic E-state index is 14.2. The molecule has 4 heterocycles. The van der Waals surface area contributed by atoms with E-state index in [2.05, 4.69) is 31.9 Å². The number of carbonyl (C=O) groups is 1. The topological polar surface area (TPSA) is 133 Å². The molecule has 0 radical (unpaired) electrons. The second-order valence-electron chi connectivity index (χ2n) is 8.73. The van der Waals surface area contributed by atoms with Crippen LogP contribution in [0.15, 0.2) is 49.1 Å².